The third kappa shape index (κ3) is 4.78. The van der Waals surface area contributed by atoms with E-state index in [0.29, 0.717) is 28.7 Å². The maximum Gasteiger partial charge on any atom is 0.211 e. The predicted molar refractivity (Wildman–Crippen MR) is 110 cm³/mol. The number of hydrogen-bond donors (Lipinski definition) is 1. The van der Waals surface area contributed by atoms with Crippen molar-refractivity contribution in [1.29, 1.82) is 0 Å². The zero-order valence-corrected chi connectivity index (χ0v) is 17.2. The number of sulfonamides is 1. The molecular weight excluding hydrogens is 399 g/mol. The van der Waals surface area contributed by atoms with Gasteiger partial charge < -0.3 is 0 Å². The Morgan fingerprint density at radius 1 is 1.11 bits per heavy atom. The summed E-state index contributed by atoms with van der Waals surface area (Å²) in [5, 5.41) is 9.03. The molecule has 3 rings (SSSR count). The molecule has 1 aromatic heterocycles. The fourth-order valence-electron chi connectivity index (χ4n) is 2.62. The van der Waals surface area contributed by atoms with E-state index in [1.807, 2.05) is 31.2 Å². The van der Waals surface area contributed by atoms with Crippen LogP contribution in [0.25, 0.3) is 17.1 Å². The van der Waals surface area contributed by atoms with E-state index in [9.17, 15) is 12.8 Å². The minimum atomic E-state index is -3.24. The molecule has 0 bridgehead atoms. The molecule has 0 fully saturated rings. The first-order valence-corrected chi connectivity index (χ1v) is 11.4. The van der Waals surface area contributed by atoms with Crippen LogP contribution >= 0.6 is 11.8 Å². The molecule has 0 aliphatic carbocycles. The summed E-state index contributed by atoms with van der Waals surface area (Å²) in [5.74, 6) is 0.615. The van der Waals surface area contributed by atoms with Crippen LogP contribution in [-0.4, -0.2) is 41.7 Å². The lowest BCUT2D eigenvalue weighted by molar-refractivity contribution is 0.587. The number of hydrogen-bond acceptors (Lipinski definition) is 5. The maximum atomic E-state index is 14.4. The molecule has 0 atom stereocenters. The monoisotopic (exact) mass is 420 g/mol. The minimum absolute atomic E-state index is 0.0370. The highest BCUT2D eigenvalue weighted by atomic mass is 32.2. The van der Waals surface area contributed by atoms with E-state index in [2.05, 4.69) is 14.9 Å². The Balaban J connectivity index is 1.92. The highest BCUT2D eigenvalue weighted by Gasteiger charge is 2.18. The molecule has 0 unspecified atom stereocenters. The van der Waals surface area contributed by atoms with E-state index in [1.165, 1.54) is 24.9 Å². The van der Waals surface area contributed by atoms with Gasteiger partial charge in [-0.05, 0) is 44.7 Å². The quantitative estimate of drug-likeness (QED) is 0.446. The molecule has 9 heteroatoms. The number of nitrogens with zero attached hydrogens (tertiary/aromatic N) is 3. The predicted octanol–water partition coefficient (Wildman–Crippen LogP) is 3.41. The molecule has 6 nitrogen and oxygen atoms in total. The van der Waals surface area contributed by atoms with Gasteiger partial charge in [0.25, 0.3) is 0 Å². The van der Waals surface area contributed by atoms with Gasteiger partial charge in [0.05, 0.1) is 11.3 Å². The number of nitrogens with one attached hydrogen (secondary N) is 1. The second kappa shape index (κ2) is 8.85. The lowest BCUT2D eigenvalue weighted by Crippen LogP contribution is -2.22. The summed E-state index contributed by atoms with van der Waals surface area (Å²) < 4.78 is 41.6. The summed E-state index contributed by atoms with van der Waals surface area (Å²) in [4.78, 5) is 0. The molecule has 0 spiro atoms. The van der Waals surface area contributed by atoms with Crippen LogP contribution in [0.3, 0.4) is 0 Å². The molecular formula is C19H21FN4O2S2. The maximum absolute atomic E-state index is 14.4. The number of aromatic nitrogens is 3. The molecule has 1 heterocycles. The first-order valence-electron chi connectivity index (χ1n) is 8.72. The number of aryl methyl sites for hydroxylation is 1. The van der Waals surface area contributed by atoms with E-state index in [4.69, 9.17) is 0 Å². The van der Waals surface area contributed by atoms with E-state index in [-0.39, 0.29) is 11.6 Å². The highest BCUT2D eigenvalue weighted by molar-refractivity contribution is 7.99. The SMILES string of the molecule is CNS(=O)(=O)CCCSc1nnc(-c2ccccc2F)n1-c1ccc(C)cc1. The molecule has 0 aliphatic rings. The summed E-state index contributed by atoms with van der Waals surface area (Å²) in [6, 6.07) is 14.2. The number of rotatable bonds is 8. The smallest absolute Gasteiger partial charge is 0.211 e. The Morgan fingerprint density at radius 3 is 2.50 bits per heavy atom. The van der Waals surface area contributed by atoms with Crippen molar-refractivity contribution in [3.05, 3.63) is 59.9 Å². The summed E-state index contributed by atoms with van der Waals surface area (Å²) in [5.41, 5.74) is 2.29. The third-order valence-electron chi connectivity index (χ3n) is 4.14. The van der Waals surface area contributed by atoms with Crippen molar-refractivity contribution < 1.29 is 12.8 Å². The number of benzene rings is 2. The third-order valence-corrected chi connectivity index (χ3v) is 6.60. The van der Waals surface area contributed by atoms with Gasteiger partial charge in [0.15, 0.2) is 11.0 Å². The van der Waals surface area contributed by atoms with Crippen molar-refractivity contribution in [2.75, 3.05) is 18.6 Å². The fraction of sp³-hybridized carbons (Fsp3) is 0.263. The van der Waals surface area contributed by atoms with E-state index in [0.717, 1.165) is 11.3 Å². The van der Waals surface area contributed by atoms with Gasteiger partial charge in [-0.1, -0.05) is 41.6 Å². The van der Waals surface area contributed by atoms with Crippen LogP contribution < -0.4 is 4.72 Å². The van der Waals surface area contributed by atoms with Crippen LogP contribution in [0, 0.1) is 12.7 Å². The molecule has 2 aromatic carbocycles. The molecule has 28 heavy (non-hydrogen) atoms. The van der Waals surface area contributed by atoms with Crippen molar-refractivity contribution in [3.8, 4) is 17.1 Å². The van der Waals surface area contributed by atoms with Crippen LogP contribution in [0.2, 0.25) is 0 Å². The molecule has 0 amide bonds. The van der Waals surface area contributed by atoms with Gasteiger partial charge in [-0.2, -0.15) is 0 Å². The molecule has 3 aromatic rings. The summed E-state index contributed by atoms with van der Waals surface area (Å²) in [6.07, 6.45) is 0.462. The fourth-order valence-corrected chi connectivity index (χ4v) is 4.42. The summed E-state index contributed by atoms with van der Waals surface area (Å²) >= 11 is 1.39. The molecule has 0 saturated carbocycles. The molecule has 0 aliphatic heterocycles. The normalized spacial score (nSPS) is 11.7. The highest BCUT2D eigenvalue weighted by Crippen LogP contribution is 2.29. The standard InChI is InChI=1S/C19H21FN4O2S2/c1-14-8-10-15(11-9-14)24-18(16-6-3-4-7-17(16)20)22-23-19(24)27-12-5-13-28(25,26)21-2/h3-4,6-11,21H,5,12-13H2,1-2H3. The Hall–Kier alpha value is -2.23. The first-order chi connectivity index (χ1) is 13.4. The molecule has 148 valence electrons. The topological polar surface area (TPSA) is 76.9 Å². The number of halogens is 1. The lowest BCUT2D eigenvalue weighted by atomic mass is 10.2. The van der Waals surface area contributed by atoms with Gasteiger partial charge in [0, 0.05) is 11.4 Å². The molecule has 1 N–H and O–H groups in total. The zero-order chi connectivity index (χ0) is 20.1. The second-order valence-electron chi connectivity index (χ2n) is 6.18. The largest absolute Gasteiger partial charge is 0.270 e. The van der Waals surface area contributed by atoms with Gasteiger partial charge in [0.2, 0.25) is 10.0 Å². The van der Waals surface area contributed by atoms with Gasteiger partial charge >= 0.3 is 0 Å². The van der Waals surface area contributed by atoms with Crippen LogP contribution in [0.5, 0.6) is 0 Å². The van der Waals surface area contributed by atoms with Crippen LogP contribution in [0.15, 0.2) is 53.7 Å². The van der Waals surface area contributed by atoms with Gasteiger partial charge in [-0.25, -0.2) is 17.5 Å². The average Bonchev–Trinajstić information content (AvgIpc) is 3.10. The van der Waals surface area contributed by atoms with E-state index >= 15 is 0 Å². The van der Waals surface area contributed by atoms with Crippen LogP contribution in [0.1, 0.15) is 12.0 Å². The average molecular weight is 421 g/mol. The van der Waals surface area contributed by atoms with E-state index < -0.39 is 10.0 Å². The second-order valence-corrected chi connectivity index (χ2v) is 9.29. The number of thioether (sulfide) groups is 1. The first kappa shape index (κ1) is 20.5. The zero-order valence-electron chi connectivity index (χ0n) is 15.6. The van der Waals surface area contributed by atoms with E-state index in [1.54, 1.807) is 22.8 Å². The Morgan fingerprint density at radius 2 is 1.82 bits per heavy atom. The van der Waals surface area contributed by atoms with Crippen LogP contribution in [-0.2, 0) is 10.0 Å². The van der Waals surface area contributed by atoms with Gasteiger partial charge in [0.1, 0.15) is 5.82 Å². The Labute approximate surface area is 168 Å². The minimum Gasteiger partial charge on any atom is -0.270 e. The van der Waals surface area contributed by atoms with Crippen molar-refractivity contribution in [3.63, 3.8) is 0 Å². The molecule has 0 saturated heterocycles. The van der Waals surface area contributed by atoms with Gasteiger partial charge in [-0.15, -0.1) is 10.2 Å². The van der Waals surface area contributed by atoms with Crippen LogP contribution in [0.4, 0.5) is 4.39 Å². The summed E-state index contributed by atoms with van der Waals surface area (Å²) in [6.45, 7) is 1.99. The lowest BCUT2D eigenvalue weighted by Gasteiger charge is -2.11. The summed E-state index contributed by atoms with van der Waals surface area (Å²) in [7, 11) is -1.84. The Bertz CT molecular complexity index is 1050. The van der Waals surface area contributed by atoms with Crippen molar-refractivity contribution in [1.82, 2.24) is 19.5 Å². The Kier molecular flexibility index (Phi) is 6.48. The van der Waals surface area contributed by atoms with Crippen molar-refractivity contribution in [2.24, 2.45) is 0 Å². The van der Waals surface area contributed by atoms with Crippen molar-refractivity contribution in [2.45, 2.75) is 18.5 Å². The van der Waals surface area contributed by atoms with Crippen molar-refractivity contribution >= 4 is 21.8 Å². The van der Waals surface area contributed by atoms with Gasteiger partial charge in [-0.3, -0.25) is 4.57 Å². The molecule has 0 radical (unpaired) electrons.